The van der Waals surface area contributed by atoms with Crippen LogP contribution in [0.3, 0.4) is 0 Å². The Kier molecular flexibility index (Phi) is 4.99. The van der Waals surface area contributed by atoms with Crippen LogP contribution in [0.15, 0.2) is 0 Å². The van der Waals surface area contributed by atoms with E-state index in [0.717, 1.165) is 6.42 Å². The van der Waals surface area contributed by atoms with Crippen LogP contribution < -0.4 is 0 Å². The fraction of sp³-hybridized carbons (Fsp3) is 0.900. The summed E-state index contributed by atoms with van der Waals surface area (Å²) in [7, 11) is 1.88. The molecule has 2 atom stereocenters. The second kappa shape index (κ2) is 5.22. The molecule has 0 rings (SSSR count). The van der Waals surface area contributed by atoms with Gasteiger partial charge in [0.15, 0.2) is 0 Å². The summed E-state index contributed by atoms with van der Waals surface area (Å²) in [6.45, 7) is 8.01. The highest BCUT2D eigenvalue weighted by atomic mass is 16.4. The van der Waals surface area contributed by atoms with E-state index in [2.05, 4.69) is 13.8 Å². The van der Waals surface area contributed by atoms with Crippen LogP contribution in [0.2, 0.25) is 0 Å². The SMILES string of the molecule is CCC(C)N(C)C(C(=O)O)C(C)C. The highest BCUT2D eigenvalue weighted by Crippen LogP contribution is 2.13. The number of rotatable bonds is 5. The molecule has 0 saturated carbocycles. The summed E-state index contributed by atoms with van der Waals surface area (Å²) in [6.07, 6.45) is 0.979. The zero-order valence-electron chi connectivity index (χ0n) is 9.24. The Morgan fingerprint density at radius 1 is 1.38 bits per heavy atom. The molecule has 0 aliphatic heterocycles. The van der Waals surface area contributed by atoms with Gasteiger partial charge >= 0.3 is 5.97 Å². The summed E-state index contributed by atoms with van der Waals surface area (Å²) in [5.41, 5.74) is 0. The molecular weight excluding hydrogens is 166 g/mol. The van der Waals surface area contributed by atoms with Gasteiger partial charge in [-0.3, -0.25) is 9.69 Å². The molecule has 0 saturated heterocycles. The average molecular weight is 187 g/mol. The number of likely N-dealkylation sites (N-methyl/N-ethyl adjacent to an activating group) is 1. The van der Waals surface area contributed by atoms with E-state index in [1.165, 1.54) is 0 Å². The van der Waals surface area contributed by atoms with E-state index in [1.807, 2.05) is 25.8 Å². The fourth-order valence-corrected chi connectivity index (χ4v) is 1.49. The van der Waals surface area contributed by atoms with E-state index in [9.17, 15) is 4.79 Å². The number of nitrogens with zero attached hydrogens (tertiary/aromatic N) is 1. The highest BCUT2D eigenvalue weighted by Gasteiger charge is 2.28. The Labute approximate surface area is 80.7 Å². The van der Waals surface area contributed by atoms with Crippen LogP contribution in [0.4, 0.5) is 0 Å². The van der Waals surface area contributed by atoms with Crippen LogP contribution in [0, 0.1) is 5.92 Å². The standard InChI is InChI=1S/C10H21NO2/c1-6-8(4)11(5)9(7(2)3)10(12)13/h7-9H,6H2,1-5H3,(H,12,13). The summed E-state index contributed by atoms with van der Waals surface area (Å²) >= 11 is 0. The van der Waals surface area contributed by atoms with Crippen LogP contribution in [0.5, 0.6) is 0 Å². The van der Waals surface area contributed by atoms with E-state index in [-0.39, 0.29) is 12.0 Å². The van der Waals surface area contributed by atoms with Gasteiger partial charge < -0.3 is 5.11 Å². The maximum absolute atomic E-state index is 11.0. The zero-order valence-corrected chi connectivity index (χ0v) is 9.24. The van der Waals surface area contributed by atoms with Crippen molar-refractivity contribution in [3.63, 3.8) is 0 Å². The first-order chi connectivity index (χ1) is 5.91. The van der Waals surface area contributed by atoms with Crippen LogP contribution in [0.1, 0.15) is 34.1 Å². The third kappa shape index (κ3) is 3.35. The fourth-order valence-electron chi connectivity index (χ4n) is 1.49. The number of aliphatic carboxylic acids is 1. The lowest BCUT2D eigenvalue weighted by atomic mass is 10.0. The molecule has 0 aliphatic rings. The molecule has 0 aliphatic carbocycles. The quantitative estimate of drug-likeness (QED) is 0.713. The molecular formula is C10H21NO2. The van der Waals surface area contributed by atoms with Gasteiger partial charge in [0.2, 0.25) is 0 Å². The second-order valence-electron chi connectivity index (χ2n) is 3.95. The Bertz CT molecular complexity index is 168. The normalized spacial score (nSPS) is 16.2. The third-order valence-electron chi connectivity index (χ3n) is 2.61. The van der Waals surface area contributed by atoms with Crippen molar-refractivity contribution in [3.8, 4) is 0 Å². The molecule has 0 fully saturated rings. The summed E-state index contributed by atoms with van der Waals surface area (Å²) in [6, 6.07) is -0.0431. The first kappa shape index (κ1) is 12.4. The first-order valence-electron chi connectivity index (χ1n) is 4.86. The van der Waals surface area contributed by atoms with Gasteiger partial charge in [-0.1, -0.05) is 20.8 Å². The van der Waals surface area contributed by atoms with Crippen molar-refractivity contribution >= 4 is 5.97 Å². The largest absolute Gasteiger partial charge is 0.480 e. The molecule has 0 bridgehead atoms. The van der Waals surface area contributed by atoms with Gasteiger partial charge in [0.25, 0.3) is 0 Å². The van der Waals surface area contributed by atoms with Crippen molar-refractivity contribution in [2.24, 2.45) is 5.92 Å². The molecule has 0 amide bonds. The molecule has 3 nitrogen and oxygen atoms in total. The van der Waals surface area contributed by atoms with Gasteiger partial charge in [0, 0.05) is 6.04 Å². The topological polar surface area (TPSA) is 40.5 Å². The Morgan fingerprint density at radius 3 is 2.08 bits per heavy atom. The molecule has 0 aromatic heterocycles. The van der Waals surface area contributed by atoms with Gasteiger partial charge in [-0.15, -0.1) is 0 Å². The Balaban J connectivity index is 4.45. The highest BCUT2D eigenvalue weighted by molar-refractivity contribution is 5.73. The molecule has 0 aromatic carbocycles. The summed E-state index contributed by atoms with van der Waals surface area (Å²) in [4.78, 5) is 12.9. The van der Waals surface area contributed by atoms with Crippen LogP contribution in [0.25, 0.3) is 0 Å². The van der Waals surface area contributed by atoms with E-state index in [4.69, 9.17) is 5.11 Å². The van der Waals surface area contributed by atoms with Gasteiger partial charge in [-0.2, -0.15) is 0 Å². The molecule has 0 heterocycles. The molecule has 0 aromatic rings. The second-order valence-corrected chi connectivity index (χ2v) is 3.95. The Morgan fingerprint density at radius 2 is 1.85 bits per heavy atom. The molecule has 1 N–H and O–H groups in total. The lowest BCUT2D eigenvalue weighted by Gasteiger charge is -2.32. The monoisotopic (exact) mass is 187 g/mol. The molecule has 0 radical (unpaired) electrons. The van der Waals surface area contributed by atoms with E-state index in [1.54, 1.807) is 0 Å². The summed E-state index contributed by atoms with van der Waals surface area (Å²) in [5, 5.41) is 9.02. The Hall–Kier alpha value is -0.570. The minimum Gasteiger partial charge on any atom is -0.480 e. The zero-order chi connectivity index (χ0) is 10.6. The van der Waals surface area contributed by atoms with Crippen molar-refractivity contribution in [2.75, 3.05) is 7.05 Å². The number of carbonyl (C=O) groups is 1. The van der Waals surface area contributed by atoms with Crippen molar-refractivity contribution in [1.82, 2.24) is 4.90 Å². The van der Waals surface area contributed by atoms with Gasteiger partial charge in [-0.25, -0.2) is 0 Å². The number of carboxylic acid groups (broad SMARTS) is 1. The molecule has 13 heavy (non-hydrogen) atoms. The summed E-state index contributed by atoms with van der Waals surface area (Å²) in [5.74, 6) is -0.575. The number of hydrogen-bond donors (Lipinski definition) is 1. The third-order valence-corrected chi connectivity index (χ3v) is 2.61. The maximum atomic E-state index is 11.0. The average Bonchev–Trinajstić information content (AvgIpc) is 2.01. The van der Waals surface area contributed by atoms with Crippen molar-refractivity contribution in [1.29, 1.82) is 0 Å². The number of carboxylic acids is 1. The molecule has 2 unspecified atom stereocenters. The molecule has 78 valence electrons. The van der Waals surface area contributed by atoms with Crippen molar-refractivity contribution in [2.45, 2.75) is 46.2 Å². The van der Waals surface area contributed by atoms with Gasteiger partial charge in [0.05, 0.1) is 0 Å². The predicted octanol–water partition coefficient (Wildman–Crippen LogP) is 1.83. The maximum Gasteiger partial charge on any atom is 0.321 e. The summed E-state index contributed by atoms with van der Waals surface area (Å²) < 4.78 is 0. The van der Waals surface area contributed by atoms with Gasteiger partial charge in [-0.05, 0) is 26.3 Å². The van der Waals surface area contributed by atoms with Crippen molar-refractivity contribution < 1.29 is 9.90 Å². The number of hydrogen-bond acceptors (Lipinski definition) is 2. The minimum atomic E-state index is -0.724. The minimum absolute atomic E-state index is 0.150. The van der Waals surface area contributed by atoms with E-state index >= 15 is 0 Å². The van der Waals surface area contributed by atoms with Gasteiger partial charge in [0.1, 0.15) is 6.04 Å². The van der Waals surface area contributed by atoms with Crippen LogP contribution in [-0.4, -0.2) is 35.1 Å². The lowest BCUT2D eigenvalue weighted by molar-refractivity contribution is -0.145. The lowest BCUT2D eigenvalue weighted by Crippen LogP contribution is -2.46. The first-order valence-corrected chi connectivity index (χ1v) is 4.86. The van der Waals surface area contributed by atoms with Crippen LogP contribution >= 0.6 is 0 Å². The molecule has 0 spiro atoms. The van der Waals surface area contributed by atoms with E-state index < -0.39 is 5.97 Å². The molecule has 3 heteroatoms. The van der Waals surface area contributed by atoms with Crippen LogP contribution in [-0.2, 0) is 4.79 Å². The predicted molar refractivity (Wildman–Crippen MR) is 53.8 cm³/mol. The smallest absolute Gasteiger partial charge is 0.321 e. The van der Waals surface area contributed by atoms with Crippen molar-refractivity contribution in [3.05, 3.63) is 0 Å². The van der Waals surface area contributed by atoms with E-state index in [0.29, 0.717) is 6.04 Å².